The maximum Gasteiger partial charge on any atom is 0.110 e. The largest absolute Gasteiger partial charge is 0.251 e. The molecular weight excluding hydrogens is 146 g/mol. The average molecular weight is 164 g/mol. The first-order chi connectivity index (χ1) is 5.22. The van der Waals surface area contributed by atoms with Crippen molar-refractivity contribution in [3.63, 3.8) is 0 Å². The van der Waals surface area contributed by atoms with Crippen molar-refractivity contribution in [2.24, 2.45) is 0 Å². The van der Waals surface area contributed by atoms with E-state index in [1.165, 1.54) is 6.92 Å². The number of allylic oxidation sites excluding steroid dienone is 1. The summed E-state index contributed by atoms with van der Waals surface area (Å²) in [5.41, 5.74) is 0.676. The van der Waals surface area contributed by atoms with Crippen LogP contribution in [0.1, 0.15) is 20.3 Å². The summed E-state index contributed by atoms with van der Waals surface area (Å²) in [6.07, 6.45) is 0.760. The van der Waals surface area contributed by atoms with Crippen LogP contribution in [0, 0.1) is 0 Å². The zero-order valence-corrected chi connectivity index (χ0v) is 7.50. The third-order valence-electron chi connectivity index (χ3n) is 0.689. The molecule has 0 aromatic rings. The highest BCUT2D eigenvalue weighted by Gasteiger charge is 1.81. The Labute approximate surface area is 68.6 Å². The van der Waals surface area contributed by atoms with E-state index in [-0.39, 0.29) is 13.3 Å². The maximum absolute atomic E-state index is 11.3. The number of hydrogen-bond acceptors (Lipinski definition) is 0. The van der Waals surface area contributed by atoms with Gasteiger partial charge in [0.25, 0.3) is 0 Å². The van der Waals surface area contributed by atoms with Gasteiger partial charge in [0.15, 0.2) is 0 Å². The summed E-state index contributed by atoms with van der Waals surface area (Å²) in [7, 11) is 0. The molecular formula is C9H18F2. The van der Waals surface area contributed by atoms with Crippen LogP contribution in [0.5, 0.6) is 0 Å². The summed E-state index contributed by atoms with van der Waals surface area (Å²) in [5.74, 6) is 0. The minimum Gasteiger partial charge on any atom is -0.251 e. The Kier molecular flexibility index (Phi) is 34.7. The summed E-state index contributed by atoms with van der Waals surface area (Å²) < 4.78 is 21.6. The average Bonchev–Trinajstić information content (AvgIpc) is 2.08. The Morgan fingerprint density at radius 2 is 1.45 bits per heavy atom. The lowest BCUT2D eigenvalue weighted by atomic mass is 10.3. The minimum atomic E-state index is -0.365. The summed E-state index contributed by atoms with van der Waals surface area (Å²) in [6, 6.07) is 0. The molecule has 0 rings (SSSR count). The van der Waals surface area contributed by atoms with Crippen LogP contribution in [0.4, 0.5) is 8.78 Å². The zero-order chi connectivity index (χ0) is 9.70. The van der Waals surface area contributed by atoms with Crippen molar-refractivity contribution in [2.75, 3.05) is 13.3 Å². The van der Waals surface area contributed by atoms with Gasteiger partial charge < -0.3 is 0 Å². The van der Waals surface area contributed by atoms with Crippen molar-refractivity contribution in [1.29, 1.82) is 0 Å². The standard InChI is InChI=1S/C5H9F.C2H5F.C2H4/c1-3-5(2)4-6;1-2-3;1-2/h2-4H2,1H3;2H2,1H3;1-2H2. The van der Waals surface area contributed by atoms with Crippen LogP contribution in [-0.4, -0.2) is 13.3 Å². The molecule has 0 aliphatic heterocycles. The molecule has 0 atom stereocenters. The van der Waals surface area contributed by atoms with Gasteiger partial charge in [0, 0.05) is 0 Å². The molecule has 0 saturated heterocycles. The van der Waals surface area contributed by atoms with Gasteiger partial charge in [0.05, 0.1) is 6.67 Å². The molecule has 11 heavy (non-hydrogen) atoms. The summed E-state index contributed by atoms with van der Waals surface area (Å²) in [4.78, 5) is 0. The van der Waals surface area contributed by atoms with Gasteiger partial charge in [-0.1, -0.05) is 13.5 Å². The lowest BCUT2D eigenvalue weighted by Gasteiger charge is -1.86. The SMILES string of the molecule is C=C.C=C(CC)CF.CCF. The molecule has 0 bridgehead atoms. The molecule has 0 radical (unpaired) electrons. The van der Waals surface area contributed by atoms with E-state index < -0.39 is 0 Å². The van der Waals surface area contributed by atoms with Crippen molar-refractivity contribution >= 4 is 0 Å². The summed E-state index contributed by atoms with van der Waals surface area (Å²) >= 11 is 0. The molecule has 0 N–H and O–H groups in total. The first-order valence-electron chi connectivity index (χ1n) is 3.51. The quantitative estimate of drug-likeness (QED) is 0.546. The van der Waals surface area contributed by atoms with Crippen LogP contribution in [0.15, 0.2) is 25.3 Å². The van der Waals surface area contributed by atoms with Gasteiger partial charge in [0.2, 0.25) is 0 Å². The Balaban J connectivity index is -0.000000109. The zero-order valence-electron chi connectivity index (χ0n) is 7.50. The number of rotatable bonds is 2. The second-order valence-corrected chi connectivity index (χ2v) is 1.50. The molecule has 2 heteroatoms. The Bertz CT molecular complexity index is 64.0. The van der Waals surface area contributed by atoms with E-state index in [9.17, 15) is 8.78 Å². The van der Waals surface area contributed by atoms with E-state index >= 15 is 0 Å². The van der Waals surface area contributed by atoms with E-state index in [4.69, 9.17) is 0 Å². The Morgan fingerprint density at radius 1 is 1.18 bits per heavy atom. The van der Waals surface area contributed by atoms with Crippen LogP contribution in [0.25, 0.3) is 0 Å². The summed E-state index contributed by atoms with van der Waals surface area (Å²) in [6.45, 7) is 12.2. The number of halogens is 2. The van der Waals surface area contributed by atoms with Gasteiger partial charge in [-0.25, -0.2) is 4.39 Å². The van der Waals surface area contributed by atoms with Gasteiger partial charge in [0.1, 0.15) is 6.67 Å². The monoisotopic (exact) mass is 164 g/mol. The highest BCUT2D eigenvalue weighted by Crippen LogP contribution is 1.93. The van der Waals surface area contributed by atoms with Crippen molar-refractivity contribution in [2.45, 2.75) is 20.3 Å². The third kappa shape index (κ3) is 45.1. The van der Waals surface area contributed by atoms with Crippen molar-refractivity contribution in [3.05, 3.63) is 25.3 Å². The van der Waals surface area contributed by atoms with Crippen LogP contribution < -0.4 is 0 Å². The van der Waals surface area contributed by atoms with Gasteiger partial charge in [-0.3, -0.25) is 4.39 Å². The van der Waals surface area contributed by atoms with E-state index in [0.717, 1.165) is 6.42 Å². The fraction of sp³-hybridized carbons (Fsp3) is 0.556. The third-order valence-corrected chi connectivity index (χ3v) is 0.689. The van der Waals surface area contributed by atoms with Gasteiger partial charge in [-0.15, -0.1) is 13.2 Å². The van der Waals surface area contributed by atoms with Gasteiger partial charge in [-0.05, 0) is 18.9 Å². The van der Waals surface area contributed by atoms with Gasteiger partial charge >= 0.3 is 0 Å². The normalized spacial score (nSPS) is 6.55. The minimum absolute atomic E-state index is 0.250. The number of alkyl halides is 2. The van der Waals surface area contributed by atoms with Crippen LogP contribution in [-0.2, 0) is 0 Å². The molecule has 0 fully saturated rings. The molecule has 0 heterocycles. The highest BCUT2D eigenvalue weighted by atomic mass is 19.1. The molecule has 0 unspecified atom stereocenters. The first kappa shape index (κ1) is 16.7. The van der Waals surface area contributed by atoms with E-state index in [2.05, 4.69) is 19.7 Å². The smallest absolute Gasteiger partial charge is 0.110 e. The maximum atomic E-state index is 11.3. The van der Waals surface area contributed by atoms with Crippen LogP contribution in [0.2, 0.25) is 0 Å². The number of hydrogen-bond donors (Lipinski definition) is 0. The Hall–Kier alpha value is -0.660. The second-order valence-electron chi connectivity index (χ2n) is 1.50. The summed E-state index contributed by atoms with van der Waals surface area (Å²) in [5, 5.41) is 0. The molecule has 0 amide bonds. The van der Waals surface area contributed by atoms with Crippen molar-refractivity contribution < 1.29 is 8.78 Å². The second kappa shape index (κ2) is 22.8. The lowest BCUT2D eigenvalue weighted by Crippen LogP contribution is -1.75. The fourth-order valence-corrected chi connectivity index (χ4v) is 0.0945. The van der Waals surface area contributed by atoms with Gasteiger partial charge in [-0.2, -0.15) is 0 Å². The fourth-order valence-electron chi connectivity index (χ4n) is 0.0945. The van der Waals surface area contributed by atoms with Crippen molar-refractivity contribution in [3.8, 4) is 0 Å². The molecule has 0 spiro atoms. The molecule has 0 aromatic heterocycles. The molecule has 0 aliphatic carbocycles. The van der Waals surface area contributed by atoms with Crippen LogP contribution >= 0.6 is 0 Å². The molecule has 0 aromatic carbocycles. The lowest BCUT2D eigenvalue weighted by molar-refractivity contribution is 0.527. The van der Waals surface area contributed by atoms with E-state index in [1.54, 1.807) is 0 Å². The Morgan fingerprint density at radius 3 is 1.45 bits per heavy atom. The van der Waals surface area contributed by atoms with E-state index in [0.29, 0.717) is 5.57 Å². The molecule has 68 valence electrons. The first-order valence-corrected chi connectivity index (χ1v) is 3.51. The molecule has 0 saturated carbocycles. The molecule has 0 aliphatic rings. The molecule has 0 nitrogen and oxygen atoms in total. The van der Waals surface area contributed by atoms with E-state index in [1.807, 2.05) is 6.92 Å². The topological polar surface area (TPSA) is 0 Å². The highest BCUT2D eigenvalue weighted by molar-refractivity contribution is 4.91. The van der Waals surface area contributed by atoms with Crippen molar-refractivity contribution in [1.82, 2.24) is 0 Å². The van der Waals surface area contributed by atoms with Crippen LogP contribution in [0.3, 0.4) is 0 Å². The predicted molar refractivity (Wildman–Crippen MR) is 48.3 cm³/mol. The predicted octanol–water partition coefficient (Wildman–Crippen LogP) is 3.70.